The third-order valence-corrected chi connectivity index (χ3v) is 5.30. The zero-order valence-corrected chi connectivity index (χ0v) is 13.9. The fourth-order valence-corrected chi connectivity index (χ4v) is 4.16. The number of carbonyl (C=O) groups is 1. The molecular weight excluding hydrogens is 320 g/mol. The smallest absolute Gasteiger partial charge is 0.264 e. The fraction of sp³-hybridized carbons (Fsp3) is 0.0435. The number of rotatable bonds is 0. The number of hydrogen-bond acceptors (Lipinski definition) is 2. The number of fused-ring (bicyclic) bond motifs is 6. The van der Waals surface area contributed by atoms with Gasteiger partial charge in [0.15, 0.2) is 0 Å². The van der Waals surface area contributed by atoms with Crippen LogP contribution in [0.25, 0.3) is 10.8 Å². The third-order valence-electron chi connectivity index (χ3n) is 5.30. The lowest BCUT2D eigenvalue weighted by atomic mass is 10.0. The summed E-state index contributed by atoms with van der Waals surface area (Å²) in [6, 6.07) is 12.2. The maximum Gasteiger partial charge on any atom is 0.264 e. The molecule has 3 nitrogen and oxygen atoms in total. The van der Waals surface area contributed by atoms with Crippen LogP contribution in [-0.2, 0) is 4.79 Å². The molecule has 0 unspecified atom stereocenters. The van der Waals surface area contributed by atoms with E-state index in [1.807, 2.05) is 42.5 Å². The second kappa shape index (κ2) is 4.79. The molecule has 2 aliphatic carbocycles. The molecule has 0 aromatic heterocycles. The van der Waals surface area contributed by atoms with E-state index in [-0.39, 0.29) is 5.91 Å². The Morgan fingerprint density at radius 1 is 0.885 bits per heavy atom. The first kappa shape index (κ1) is 13.8. The van der Waals surface area contributed by atoms with Crippen LogP contribution in [0.4, 0.5) is 11.4 Å². The summed E-state index contributed by atoms with van der Waals surface area (Å²) in [5.41, 5.74) is 5.85. The van der Waals surface area contributed by atoms with Gasteiger partial charge in [0, 0.05) is 11.0 Å². The highest BCUT2D eigenvalue weighted by Crippen LogP contribution is 2.45. The second-order valence-electron chi connectivity index (χ2n) is 6.89. The summed E-state index contributed by atoms with van der Waals surface area (Å²) in [6.07, 6.45) is 13.2. The SMILES string of the molecule is O=C1C2=CC3=CC=CC=C(C=C2C2=Nc4cccc5cccc(c45)N12)C3. The Morgan fingerprint density at radius 3 is 2.42 bits per heavy atom. The van der Waals surface area contributed by atoms with E-state index in [4.69, 9.17) is 4.99 Å². The van der Waals surface area contributed by atoms with Gasteiger partial charge in [0.25, 0.3) is 5.91 Å². The summed E-state index contributed by atoms with van der Waals surface area (Å²) < 4.78 is 0. The van der Waals surface area contributed by atoms with Crippen LogP contribution in [0.5, 0.6) is 0 Å². The predicted octanol–water partition coefficient (Wildman–Crippen LogP) is 4.91. The van der Waals surface area contributed by atoms with Crippen LogP contribution in [-0.4, -0.2) is 11.7 Å². The van der Waals surface area contributed by atoms with E-state index in [0.717, 1.165) is 51.1 Å². The number of benzene rings is 2. The van der Waals surface area contributed by atoms with E-state index in [1.165, 1.54) is 5.57 Å². The van der Waals surface area contributed by atoms with Gasteiger partial charge in [-0.3, -0.25) is 9.69 Å². The first-order valence-electron chi connectivity index (χ1n) is 8.75. The Balaban J connectivity index is 1.68. The summed E-state index contributed by atoms with van der Waals surface area (Å²) in [6.45, 7) is 0. The van der Waals surface area contributed by atoms with Gasteiger partial charge in [-0.05, 0) is 47.2 Å². The molecule has 122 valence electrons. The quantitative estimate of drug-likeness (QED) is 0.674. The minimum absolute atomic E-state index is 0.00806. The third kappa shape index (κ3) is 1.72. The number of allylic oxidation sites excluding steroid dienone is 8. The van der Waals surface area contributed by atoms with E-state index >= 15 is 0 Å². The normalized spacial score (nSPS) is 19.6. The maximum atomic E-state index is 13.3. The van der Waals surface area contributed by atoms with Gasteiger partial charge in [-0.1, -0.05) is 48.6 Å². The van der Waals surface area contributed by atoms with Crippen LogP contribution in [0.15, 0.2) is 100 Å². The Morgan fingerprint density at radius 2 is 1.62 bits per heavy atom. The minimum Gasteiger partial charge on any atom is -0.268 e. The molecule has 2 aliphatic heterocycles. The number of nitrogens with zero attached hydrogens (tertiary/aromatic N) is 2. The molecule has 6 rings (SSSR count). The number of carbonyl (C=O) groups excluding carboxylic acids is 1. The molecular formula is C23H14N2O. The molecule has 0 radical (unpaired) electrons. The van der Waals surface area contributed by atoms with Gasteiger partial charge in [-0.15, -0.1) is 0 Å². The molecule has 2 aromatic rings. The summed E-state index contributed by atoms with van der Waals surface area (Å²) >= 11 is 0. The Bertz CT molecular complexity index is 1210. The predicted molar refractivity (Wildman–Crippen MR) is 105 cm³/mol. The number of hydrogen-bond donors (Lipinski definition) is 0. The highest BCUT2D eigenvalue weighted by atomic mass is 16.2. The maximum absolute atomic E-state index is 13.3. The number of aliphatic imine (C=N–C) groups is 1. The van der Waals surface area contributed by atoms with E-state index in [1.54, 1.807) is 4.90 Å². The molecule has 2 aromatic carbocycles. The first-order valence-corrected chi connectivity index (χ1v) is 8.75. The average Bonchev–Trinajstić information content (AvgIpc) is 2.86. The topological polar surface area (TPSA) is 32.7 Å². The van der Waals surface area contributed by atoms with Gasteiger partial charge in [0.1, 0.15) is 5.84 Å². The molecule has 0 spiro atoms. The lowest BCUT2D eigenvalue weighted by Crippen LogP contribution is -2.31. The lowest BCUT2D eigenvalue weighted by Gasteiger charge is -2.24. The highest BCUT2D eigenvalue weighted by molar-refractivity contribution is 6.42. The van der Waals surface area contributed by atoms with Crippen LogP contribution in [0.3, 0.4) is 0 Å². The first-order chi connectivity index (χ1) is 12.8. The van der Waals surface area contributed by atoms with Gasteiger partial charge < -0.3 is 0 Å². The summed E-state index contributed by atoms with van der Waals surface area (Å²) in [7, 11) is 0. The number of amidine groups is 1. The Hall–Kier alpha value is -3.46. The van der Waals surface area contributed by atoms with E-state index < -0.39 is 0 Å². The van der Waals surface area contributed by atoms with Crippen molar-refractivity contribution in [3.8, 4) is 0 Å². The Labute approximate surface area is 150 Å². The van der Waals surface area contributed by atoms with E-state index in [0.29, 0.717) is 0 Å². The molecule has 0 N–H and O–H groups in total. The molecule has 3 heteroatoms. The molecule has 1 fully saturated rings. The molecule has 2 heterocycles. The summed E-state index contributed by atoms with van der Waals surface area (Å²) in [4.78, 5) is 20.0. The van der Waals surface area contributed by atoms with Crippen molar-refractivity contribution in [3.63, 3.8) is 0 Å². The zero-order chi connectivity index (χ0) is 17.3. The van der Waals surface area contributed by atoms with Gasteiger partial charge in [0.05, 0.1) is 16.9 Å². The van der Waals surface area contributed by atoms with E-state index in [2.05, 4.69) is 30.4 Å². The molecule has 26 heavy (non-hydrogen) atoms. The van der Waals surface area contributed by atoms with Gasteiger partial charge in [-0.2, -0.15) is 0 Å². The summed E-state index contributed by atoms with van der Waals surface area (Å²) in [5, 5.41) is 2.15. The lowest BCUT2D eigenvalue weighted by molar-refractivity contribution is -0.113. The van der Waals surface area contributed by atoms with Crippen LogP contribution in [0.1, 0.15) is 6.42 Å². The van der Waals surface area contributed by atoms with Crippen LogP contribution in [0.2, 0.25) is 0 Å². The second-order valence-corrected chi connectivity index (χ2v) is 6.89. The average molecular weight is 334 g/mol. The molecule has 0 atom stereocenters. The van der Waals surface area contributed by atoms with Crippen molar-refractivity contribution in [2.75, 3.05) is 4.90 Å². The fourth-order valence-electron chi connectivity index (χ4n) is 4.16. The van der Waals surface area contributed by atoms with Gasteiger partial charge in [-0.25, -0.2) is 4.99 Å². The van der Waals surface area contributed by atoms with Crippen molar-refractivity contribution in [2.24, 2.45) is 4.99 Å². The highest BCUT2D eigenvalue weighted by Gasteiger charge is 2.41. The Kier molecular flexibility index (Phi) is 2.54. The number of anilines is 1. The zero-order valence-electron chi connectivity index (χ0n) is 13.9. The van der Waals surface area contributed by atoms with Gasteiger partial charge in [0.2, 0.25) is 0 Å². The standard InChI is InChI=1S/C23H14N2O/c26-23-18-13-15-6-2-1-5-14(11-15)12-17(18)22-24-19-9-3-7-16-8-4-10-20(21(16)19)25(22)23/h1-10,12-13H,11H2. The van der Waals surface area contributed by atoms with Crippen LogP contribution >= 0.6 is 0 Å². The molecule has 1 saturated heterocycles. The van der Waals surface area contributed by atoms with Crippen molar-refractivity contribution >= 4 is 33.9 Å². The molecule has 0 saturated carbocycles. The molecule has 2 bridgehead atoms. The van der Waals surface area contributed by atoms with Crippen molar-refractivity contribution in [3.05, 3.63) is 95.1 Å². The van der Waals surface area contributed by atoms with Crippen LogP contribution in [0, 0.1) is 0 Å². The number of amides is 1. The summed E-state index contributed by atoms with van der Waals surface area (Å²) in [5.74, 6) is 0.748. The molecule has 4 aliphatic rings. The minimum atomic E-state index is 0.00806. The van der Waals surface area contributed by atoms with Crippen LogP contribution < -0.4 is 4.90 Å². The van der Waals surface area contributed by atoms with E-state index in [9.17, 15) is 4.79 Å². The monoisotopic (exact) mass is 334 g/mol. The van der Waals surface area contributed by atoms with Crippen molar-refractivity contribution < 1.29 is 4.79 Å². The van der Waals surface area contributed by atoms with Gasteiger partial charge >= 0.3 is 0 Å². The van der Waals surface area contributed by atoms with Crippen molar-refractivity contribution in [1.82, 2.24) is 0 Å². The molecule has 1 amide bonds. The largest absolute Gasteiger partial charge is 0.268 e. The van der Waals surface area contributed by atoms with Crippen molar-refractivity contribution in [2.45, 2.75) is 6.42 Å². The van der Waals surface area contributed by atoms with Crippen molar-refractivity contribution in [1.29, 1.82) is 0 Å².